The van der Waals surface area contributed by atoms with Crippen LogP contribution in [-0.4, -0.2) is 10.1 Å². The number of benzene rings is 1. The summed E-state index contributed by atoms with van der Waals surface area (Å²) >= 11 is 0. The lowest BCUT2D eigenvalue weighted by Gasteiger charge is -1.95. The van der Waals surface area contributed by atoms with Crippen LogP contribution < -0.4 is 0 Å². The quantitative estimate of drug-likeness (QED) is 0.611. The predicted octanol–water partition coefficient (Wildman–Crippen LogP) is 1.74. The second-order valence-corrected chi connectivity index (χ2v) is 2.32. The molecule has 2 heteroatoms. The van der Waals surface area contributed by atoms with Crippen LogP contribution in [0.2, 0.25) is 0 Å². The monoisotopic (exact) mass is 144 g/mol. The van der Waals surface area contributed by atoms with Gasteiger partial charge in [0.25, 0.3) is 0 Å². The van der Waals surface area contributed by atoms with Crippen molar-refractivity contribution < 1.29 is 5.11 Å². The molecule has 0 bridgehead atoms. The zero-order valence-corrected chi connectivity index (χ0v) is 5.78. The number of phenolic OH excluding ortho intramolecular Hbond substituents is 1. The van der Waals surface area contributed by atoms with Crippen LogP contribution in [0.25, 0.3) is 10.8 Å². The first-order valence-electron chi connectivity index (χ1n) is 3.31. The van der Waals surface area contributed by atoms with Crippen LogP contribution >= 0.6 is 0 Å². The van der Waals surface area contributed by atoms with Crippen molar-refractivity contribution in [2.75, 3.05) is 0 Å². The summed E-state index contributed by atoms with van der Waals surface area (Å²) < 4.78 is 0. The minimum absolute atomic E-state index is 0.264. The van der Waals surface area contributed by atoms with E-state index in [-0.39, 0.29) is 5.75 Å². The van der Waals surface area contributed by atoms with Crippen molar-refractivity contribution in [3.63, 3.8) is 0 Å². The Morgan fingerprint density at radius 2 is 2.27 bits per heavy atom. The molecule has 2 aromatic rings. The van der Waals surface area contributed by atoms with Gasteiger partial charge in [0.1, 0.15) is 5.75 Å². The number of aromatic hydroxyl groups is 1. The first kappa shape index (κ1) is 6.16. The van der Waals surface area contributed by atoms with E-state index in [2.05, 4.69) is 11.1 Å². The molecule has 0 saturated carbocycles. The second kappa shape index (κ2) is 2.23. The zero-order valence-electron chi connectivity index (χ0n) is 5.78. The van der Waals surface area contributed by atoms with Crippen molar-refractivity contribution in [1.82, 2.24) is 4.98 Å². The van der Waals surface area contributed by atoms with E-state index in [1.54, 1.807) is 24.5 Å². The Bertz CT molecular complexity index is 384. The highest BCUT2D eigenvalue weighted by Crippen LogP contribution is 2.17. The van der Waals surface area contributed by atoms with Crippen LogP contribution in [0.5, 0.6) is 5.75 Å². The third-order valence-corrected chi connectivity index (χ3v) is 1.55. The molecule has 53 valence electrons. The molecule has 0 spiro atoms. The molecule has 1 N–H and O–H groups in total. The number of hydrogen-bond acceptors (Lipinski definition) is 2. The highest BCUT2D eigenvalue weighted by molar-refractivity contribution is 5.82. The fourth-order valence-electron chi connectivity index (χ4n) is 1.01. The van der Waals surface area contributed by atoms with Gasteiger partial charge < -0.3 is 5.11 Å². The lowest BCUT2D eigenvalue weighted by atomic mass is 10.2. The van der Waals surface area contributed by atoms with Gasteiger partial charge >= 0.3 is 0 Å². The molecular formula is C9H6NO. The van der Waals surface area contributed by atoms with Crippen LogP contribution in [0.3, 0.4) is 0 Å². The van der Waals surface area contributed by atoms with Gasteiger partial charge in [-0.15, -0.1) is 0 Å². The smallest absolute Gasteiger partial charge is 0.116 e. The topological polar surface area (TPSA) is 33.1 Å². The fraction of sp³-hybridized carbons (Fsp3) is 0. The molecule has 1 aromatic heterocycles. The lowest BCUT2D eigenvalue weighted by molar-refractivity contribution is 0.476. The second-order valence-electron chi connectivity index (χ2n) is 2.32. The zero-order chi connectivity index (χ0) is 7.68. The largest absolute Gasteiger partial charge is 0.508 e. The van der Waals surface area contributed by atoms with Gasteiger partial charge in [0.05, 0.1) is 0 Å². The molecular weight excluding hydrogens is 138 g/mol. The molecule has 0 aliphatic heterocycles. The average Bonchev–Trinajstić information content (AvgIpc) is 2.04. The van der Waals surface area contributed by atoms with Crippen molar-refractivity contribution in [3.8, 4) is 5.75 Å². The molecule has 0 unspecified atom stereocenters. The fourth-order valence-corrected chi connectivity index (χ4v) is 1.01. The first-order chi connectivity index (χ1) is 5.36. The molecule has 0 atom stereocenters. The maximum atomic E-state index is 9.09. The van der Waals surface area contributed by atoms with E-state index in [0.29, 0.717) is 0 Å². The Balaban J connectivity index is 2.83. The maximum absolute atomic E-state index is 9.09. The van der Waals surface area contributed by atoms with Crippen molar-refractivity contribution >= 4 is 10.8 Å². The Labute approximate surface area is 64.1 Å². The maximum Gasteiger partial charge on any atom is 0.116 e. The summed E-state index contributed by atoms with van der Waals surface area (Å²) in [5, 5.41) is 11.0. The summed E-state index contributed by atoms with van der Waals surface area (Å²) in [6, 6.07) is 8.03. The van der Waals surface area contributed by atoms with Crippen molar-refractivity contribution in [1.29, 1.82) is 0 Å². The van der Waals surface area contributed by atoms with Crippen molar-refractivity contribution in [3.05, 3.63) is 36.7 Å². The van der Waals surface area contributed by atoms with Gasteiger partial charge in [0.15, 0.2) is 0 Å². The molecule has 1 radical (unpaired) electrons. The van der Waals surface area contributed by atoms with E-state index >= 15 is 0 Å². The summed E-state index contributed by atoms with van der Waals surface area (Å²) in [4.78, 5) is 3.91. The van der Waals surface area contributed by atoms with Crippen LogP contribution in [-0.2, 0) is 0 Å². The lowest BCUT2D eigenvalue weighted by Crippen LogP contribution is -1.74. The van der Waals surface area contributed by atoms with Gasteiger partial charge in [-0.1, -0.05) is 0 Å². The number of rotatable bonds is 0. The standard InChI is InChI=1S/C9H6NO/c11-9-2-1-8-6-10-4-3-7(8)5-9/h1-2,4-6,11H. The third kappa shape index (κ3) is 1.03. The van der Waals surface area contributed by atoms with Crippen molar-refractivity contribution in [2.24, 2.45) is 0 Å². The number of hydrogen-bond donors (Lipinski definition) is 1. The Morgan fingerprint density at radius 1 is 1.36 bits per heavy atom. The minimum atomic E-state index is 0.264. The van der Waals surface area contributed by atoms with Crippen LogP contribution in [0.1, 0.15) is 0 Å². The van der Waals surface area contributed by atoms with E-state index < -0.39 is 0 Å². The molecule has 1 heterocycles. The van der Waals surface area contributed by atoms with E-state index in [1.165, 1.54) is 0 Å². The molecule has 0 amide bonds. The molecule has 0 saturated heterocycles. The number of pyridine rings is 1. The average molecular weight is 144 g/mol. The Hall–Kier alpha value is -1.57. The third-order valence-electron chi connectivity index (χ3n) is 1.55. The van der Waals surface area contributed by atoms with E-state index in [4.69, 9.17) is 5.11 Å². The summed E-state index contributed by atoms with van der Waals surface area (Å²) in [5.41, 5.74) is 0. The number of nitrogens with zero attached hydrogens (tertiary/aromatic N) is 1. The van der Waals surface area contributed by atoms with Gasteiger partial charge in [-0.05, 0) is 23.6 Å². The van der Waals surface area contributed by atoms with E-state index in [0.717, 1.165) is 10.8 Å². The number of phenols is 1. The van der Waals surface area contributed by atoms with Gasteiger partial charge in [-0.3, -0.25) is 4.98 Å². The summed E-state index contributed by atoms with van der Waals surface area (Å²) in [5.74, 6) is 0.264. The highest BCUT2D eigenvalue weighted by atomic mass is 16.3. The number of aromatic nitrogens is 1. The Kier molecular flexibility index (Phi) is 1.25. The molecule has 2 rings (SSSR count). The van der Waals surface area contributed by atoms with Gasteiger partial charge in [-0.2, -0.15) is 0 Å². The van der Waals surface area contributed by atoms with Crippen LogP contribution in [0, 0.1) is 6.07 Å². The summed E-state index contributed by atoms with van der Waals surface area (Å²) in [6.45, 7) is 0. The molecule has 2 nitrogen and oxygen atoms in total. The van der Waals surface area contributed by atoms with Crippen LogP contribution in [0.4, 0.5) is 0 Å². The molecule has 0 fully saturated rings. The first-order valence-corrected chi connectivity index (χ1v) is 3.31. The van der Waals surface area contributed by atoms with Gasteiger partial charge in [0.2, 0.25) is 0 Å². The van der Waals surface area contributed by atoms with Crippen LogP contribution in [0.15, 0.2) is 30.6 Å². The summed E-state index contributed by atoms with van der Waals surface area (Å²) in [7, 11) is 0. The predicted molar refractivity (Wildman–Crippen MR) is 42.2 cm³/mol. The molecule has 11 heavy (non-hydrogen) atoms. The molecule has 0 aliphatic carbocycles. The van der Waals surface area contributed by atoms with Crippen molar-refractivity contribution in [2.45, 2.75) is 0 Å². The highest BCUT2D eigenvalue weighted by Gasteiger charge is 1.92. The van der Waals surface area contributed by atoms with Gasteiger partial charge in [0, 0.05) is 23.8 Å². The molecule has 1 aromatic carbocycles. The van der Waals surface area contributed by atoms with Gasteiger partial charge in [-0.25, -0.2) is 0 Å². The number of fused-ring (bicyclic) bond motifs is 1. The Morgan fingerprint density at radius 3 is 3.18 bits per heavy atom. The minimum Gasteiger partial charge on any atom is -0.508 e. The SMILES string of the molecule is Oc1ccc2cnc[c]c2c1. The molecule has 0 aliphatic rings. The summed E-state index contributed by atoms with van der Waals surface area (Å²) in [6.07, 6.45) is 3.33. The van der Waals surface area contributed by atoms with E-state index in [1.807, 2.05) is 6.07 Å². The normalized spacial score (nSPS) is 10.2. The van der Waals surface area contributed by atoms with E-state index in [9.17, 15) is 0 Å².